The fourth-order valence-electron chi connectivity index (χ4n) is 2.65. The van der Waals surface area contributed by atoms with E-state index in [4.69, 9.17) is 0 Å². The van der Waals surface area contributed by atoms with Crippen molar-refractivity contribution in [2.24, 2.45) is 0 Å². The highest BCUT2D eigenvalue weighted by Crippen LogP contribution is 2.17. The summed E-state index contributed by atoms with van der Waals surface area (Å²) >= 11 is 0. The molecule has 0 bridgehead atoms. The van der Waals surface area contributed by atoms with Crippen LogP contribution in [0.15, 0.2) is 24.3 Å². The van der Waals surface area contributed by atoms with Crippen LogP contribution in [0.2, 0.25) is 0 Å². The molecule has 0 atom stereocenters. The van der Waals surface area contributed by atoms with Crippen molar-refractivity contribution in [1.29, 1.82) is 0 Å². The van der Waals surface area contributed by atoms with Gasteiger partial charge in [-0.25, -0.2) is 4.39 Å². The average molecular weight is 278 g/mol. The zero-order valence-corrected chi connectivity index (χ0v) is 11.8. The Kier molecular flexibility index (Phi) is 5.99. The molecule has 0 heterocycles. The standard InChI is InChI=1S/C16H23FN2O/c17-14-6-4-5-13(11-14)9-10-18-12-16(20)19-15-7-2-1-3-8-15/h4-6,11,15,18H,1-3,7-10,12H2,(H,19,20). The van der Waals surface area contributed by atoms with Crippen LogP contribution in [0.25, 0.3) is 0 Å². The van der Waals surface area contributed by atoms with Gasteiger partial charge >= 0.3 is 0 Å². The molecule has 1 aliphatic rings. The van der Waals surface area contributed by atoms with E-state index in [2.05, 4.69) is 10.6 Å². The minimum absolute atomic E-state index is 0.0659. The van der Waals surface area contributed by atoms with Crippen LogP contribution in [0.5, 0.6) is 0 Å². The van der Waals surface area contributed by atoms with Gasteiger partial charge in [0.25, 0.3) is 0 Å². The molecule has 0 spiro atoms. The highest BCUT2D eigenvalue weighted by atomic mass is 19.1. The summed E-state index contributed by atoms with van der Waals surface area (Å²) in [7, 11) is 0. The smallest absolute Gasteiger partial charge is 0.234 e. The van der Waals surface area contributed by atoms with E-state index in [0.29, 0.717) is 19.1 Å². The first-order valence-electron chi connectivity index (χ1n) is 7.48. The van der Waals surface area contributed by atoms with Crippen molar-refractivity contribution in [3.63, 3.8) is 0 Å². The lowest BCUT2D eigenvalue weighted by Gasteiger charge is -2.22. The van der Waals surface area contributed by atoms with Gasteiger partial charge in [0.05, 0.1) is 6.54 Å². The predicted octanol–water partition coefficient (Wildman–Crippen LogP) is 2.41. The fraction of sp³-hybridized carbons (Fsp3) is 0.562. The molecule has 1 aromatic carbocycles. The third-order valence-electron chi connectivity index (χ3n) is 3.74. The predicted molar refractivity (Wildman–Crippen MR) is 78.0 cm³/mol. The Balaban J connectivity index is 1.59. The molecule has 20 heavy (non-hydrogen) atoms. The quantitative estimate of drug-likeness (QED) is 0.785. The summed E-state index contributed by atoms with van der Waals surface area (Å²) in [5.41, 5.74) is 0.949. The number of rotatable bonds is 6. The van der Waals surface area contributed by atoms with Gasteiger partial charge in [0.1, 0.15) is 5.82 Å². The summed E-state index contributed by atoms with van der Waals surface area (Å²) in [5, 5.41) is 6.17. The molecule has 1 aromatic rings. The molecule has 1 aliphatic carbocycles. The molecular formula is C16H23FN2O. The van der Waals surface area contributed by atoms with Crippen molar-refractivity contribution in [3.05, 3.63) is 35.6 Å². The van der Waals surface area contributed by atoms with E-state index >= 15 is 0 Å². The highest BCUT2D eigenvalue weighted by Gasteiger charge is 2.14. The van der Waals surface area contributed by atoms with E-state index in [9.17, 15) is 9.18 Å². The number of carbonyl (C=O) groups excluding carboxylic acids is 1. The molecule has 1 fully saturated rings. The summed E-state index contributed by atoms with van der Waals surface area (Å²) in [6.07, 6.45) is 6.67. The second-order valence-corrected chi connectivity index (χ2v) is 5.46. The van der Waals surface area contributed by atoms with Crippen LogP contribution < -0.4 is 10.6 Å². The van der Waals surface area contributed by atoms with Gasteiger partial charge in [0.15, 0.2) is 0 Å². The first-order chi connectivity index (χ1) is 9.74. The van der Waals surface area contributed by atoms with E-state index in [1.807, 2.05) is 6.07 Å². The normalized spacial score (nSPS) is 16.1. The molecule has 2 N–H and O–H groups in total. The van der Waals surface area contributed by atoms with Crippen LogP contribution >= 0.6 is 0 Å². The maximum Gasteiger partial charge on any atom is 0.234 e. The molecule has 1 saturated carbocycles. The van der Waals surface area contributed by atoms with Crippen LogP contribution in [-0.4, -0.2) is 25.0 Å². The minimum Gasteiger partial charge on any atom is -0.352 e. The summed E-state index contributed by atoms with van der Waals surface area (Å²) in [5.74, 6) is -0.145. The molecule has 2 rings (SSSR count). The van der Waals surface area contributed by atoms with Gasteiger partial charge in [-0.15, -0.1) is 0 Å². The van der Waals surface area contributed by atoms with Crippen molar-refractivity contribution >= 4 is 5.91 Å². The number of hydrogen-bond donors (Lipinski definition) is 2. The van der Waals surface area contributed by atoms with Crippen molar-refractivity contribution in [1.82, 2.24) is 10.6 Å². The first kappa shape index (κ1) is 15.0. The molecule has 3 nitrogen and oxygen atoms in total. The largest absolute Gasteiger partial charge is 0.352 e. The third-order valence-corrected chi connectivity index (χ3v) is 3.74. The second kappa shape index (κ2) is 8.00. The van der Waals surface area contributed by atoms with Crippen molar-refractivity contribution in [2.45, 2.75) is 44.6 Å². The Morgan fingerprint density at radius 2 is 2.05 bits per heavy atom. The van der Waals surface area contributed by atoms with Gasteiger partial charge in [-0.1, -0.05) is 31.4 Å². The highest BCUT2D eigenvalue weighted by molar-refractivity contribution is 5.78. The minimum atomic E-state index is -0.211. The molecule has 4 heteroatoms. The zero-order valence-electron chi connectivity index (χ0n) is 11.8. The van der Waals surface area contributed by atoms with Gasteiger partial charge in [-0.2, -0.15) is 0 Å². The monoisotopic (exact) mass is 278 g/mol. The second-order valence-electron chi connectivity index (χ2n) is 5.46. The Morgan fingerprint density at radius 3 is 2.80 bits per heavy atom. The Labute approximate surface area is 120 Å². The summed E-state index contributed by atoms with van der Waals surface area (Å²) < 4.78 is 13.0. The molecule has 110 valence electrons. The van der Waals surface area contributed by atoms with Crippen LogP contribution in [0.1, 0.15) is 37.7 Å². The zero-order chi connectivity index (χ0) is 14.2. The van der Waals surface area contributed by atoms with Crippen LogP contribution in [0, 0.1) is 5.82 Å². The van der Waals surface area contributed by atoms with Gasteiger partial charge in [0, 0.05) is 6.04 Å². The fourth-order valence-corrected chi connectivity index (χ4v) is 2.65. The molecule has 0 radical (unpaired) electrons. The lowest BCUT2D eigenvalue weighted by atomic mass is 9.95. The van der Waals surface area contributed by atoms with E-state index in [1.165, 1.54) is 31.4 Å². The molecule has 1 amide bonds. The van der Waals surface area contributed by atoms with Gasteiger partial charge in [0.2, 0.25) is 5.91 Å². The van der Waals surface area contributed by atoms with Gasteiger partial charge < -0.3 is 10.6 Å². The van der Waals surface area contributed by atoms with Crippen LogP contribution in [0.4, 0.5) is 4.39 Å². The lowest BCUT2D eigenvalue weighted by Crippen LogP contribution is -2.41. The molecule has 0 aliphatic heterocycles. The first-order valence-corrected chi connectivity index (χ1v) is 7.48. The molecule has 0 saturated heterocycles. The van der Waals surface area contributed by atoms with Crippen LogP contribution in [-0.2, 0) is 11.2 Å². The Hall–Kier alpha value is -1.42. The van der Waals surface area contributed by atoms with Crippen molar-refractivity contribution in [2.75, 3.05) is 13.1 Å². The molecule has 0 unspecified atom stereocenters. The number of carbonyl (C=O) groups is 1. The van der Waals surface area contributed by atoms with E-state index < -0.39 is 0 Å². The SMILES string of the molecule is O=C(CNCCc1cccc(F)c1)NC1CCCCC1. The van der Waals surface area contributed by atoms with Crippen molar-refractivity contribution < 1.29 is 9.18 Å². The number of nitrogens with one attached hydrogen (secondary N) is 2. The van der Waals surface area contributed by atoms with Crippen LogP contribution in [0.3, 0.4) is 0 Å². The van der Waals surface area contributed by atoms with E-state index in [1.54, 1.807) is 6.07 Å². The maximum atomic E-state index is 13.0. The van der Waals surface area contributed by atoms with Gasteiger partial charge in [-0.3, -0.25) is 4.79 Å². The maximum absolute atomic E-state index is 13.0. The molecular weight excluding hydrogens is 255 g/mol. The van der Waals surface area contributed by atoms with Crippen molar-refractivity contribution in [3.8, 4) is 0 Å². The summed E-state index contributed by atoms with van der Waals surface area (Å²) in [6, 6.07) is 6.94. The summed E-state index contributed by atoms with van der Waals surface area (Å²) in [6.45, 7) is 1.02. The Morgan fingerprint density at radius 1 is 1.25 bits per heavy atom. The number of halogens is 1. The number of amides is 1. The van der Waals surface area contributed by atoms with E-state index in [-0.39, 0.29) is 11.7 Å². The lowest BCUT2D eigenvalue weighted by molar-refractivity contribution is -0.121. The average Bonchev–Trinajstić information content (AvgIpc) is 2.45. The third kappa shape index (κ3) is 5.29. The number of hydrogen-bond acceptors (Lipinski definition) is 2. The topological polar surface area (TPSA) is 41.1 Å². The Bertz CT molecular complexity index is 430. The van der Waals surface area contributed by atoms with Gasteiger partial charge in [-0.05, 0) is 43.5 Å². The van der Waals surface area contributed by atoms with E-state index in [0.717, 1.165) is 24.8 Å². The number of benzene rings is 1. The molecule has 0 aromatic heterocycles. The summed E-state index contributed by atoms with van der Waals surface area (Å²) in [4.78, 5) is 11.7.